The quantitative estimate of drug-likeness (QED) is 0.191. The number of aliphatic imine (C=N–C) groups is 1. The van der Waals surface area contributed by atoms with E-state index in [0.29, 0.717) is 5.56 Å². The average molecular weight is 670 g/mol. The summed E-state index contributed by atoms with van der Waals surface area (Å²) in [5.41, 5.74) is 10.9. The predicted molar refractivity (Wildman–Crippen MR) is 209 cm³/mol. The van der Waals surface area contributed by atoms with E-state index in [9.17, 15) is 5.26 Å². The van der Waals surface area contributed by atoms with Crippen LogP contribution in [0.4, 0.5) is 0 Å². The normalized spacial score (nSPS) is 15.9. The van der Waals surface area contributed by atoms with Gasteiger partial charge in [0.15, 0.2) is 0 Å². The highest BCUT2D eigenvalue weighted by Gasteiger charge is 2.26. The van der Waals surface area contributed by atoms with E-state index in [4.69, 9.17) is 9.41 Å². The molecule has 0 radical (unpaired) electrons. The van der Waals surface area contributed by atoms with Gasteiger partial charge >= 0.3 is 0 Å². The molecule has 2 N–H and O–H groups in total. The highest BCUT2D eigenvalue weighted by molar-refractivity contribution is 6.13. The molecule has 2 unspecified atom stereocenters. The third kappa shape index (κ3) is 4.95. The largest absolute Gasteiger partial charge is 0.455 e. The molecule has 246 valence electrons. The second-order valence-electron chi connectivity index (χ2n) is 13.2. The van der Waals surface area contributed by atoms with E-state index in [1.807, 2.05) is 54.6 Å². The number of rotatable bonds is 5. The summed E-state index contributed by atoms with van der Waals surface area (Å²) in [6, 6.07) is 58.8. The van der Waals surface area contributed by atoms with Crippen LogP contribution in [0.3, 0.4) is 0 Å². The van der Waals surface area contributed by atoms with Gasteiger partial charge in [0.2, 0.25) is 0 Å². The van der Waals surface area contributed by atoms with Crippen molar-refractivity contribution in [2.75, 3.05) is 0 Å². The van der Waals surface area contributed by atoms with Crippen LogP contribution in [-0.2, 0) is 0 Å². The smallest absolute Gasteiger partial charge is 0.143 e. The topological polar surface area (TPSA) is 78.3 Å². The molecule has 0 bridgehead atoms. The average Bonchev–Trinajstić information content (AvgIpc) is 3.77. The van der Waals surface area contributed by atoms with Crippen LogP contribution in [-0.4, -0.2) is 10.4 Å². The zero-order chi connectivity index (χ0) is 34.6. The Morgan fingerprint density at radius 2 is 1.35 bits per heavy atom. The van der Waals surface area contributed by atoms with Gasteiger partial charge in [-0.15, -0.1) is 0 Å². The molecule has 0 saturated heterocycles. The highest BCUT2D eigenvalue weighted by atomic mass is 16.3. The van der Waals surface area contributed by atoms with Crippen LogP contribution >= 0.6 is 0 Å². The molecule has 0 fully saturated rings. The number of furan rings is 1. The fraction of sp³-hybridized carbons (Fsp3) is 0.0435. The lowest BCUT2D eigenvalue weighted by Crippen LogP contribution is -2.45. The number of aromatic nitrogens is 1. The SMILES string of the molecule is N#Cc1cccc(C2=NC(c3ccccc3)NC(c3ccc(-n4c5ccccc5c5ccc(-c6cccc7c6oc6ccccc67)cc54)cc3)N2)c1. The number of para-hydroxylation sites is 3. The number of benzene rings is 7. The Kier molecular flexibility index (Phi) is 6.98. The van der Waals surface area contributed by atoms with Gasteiger partial charge in [0.25, 0.3) is 0 Å². The first-order chi connectivity index (χ1) is 25.7. The molecule has 52 heavy (non-hydrogen) atoms. The second kappa shape index (κ2) is 12.1. The molecule has 0 saturated carbocycles. The van der Waals surface area contributed by atoms with Crippen molar-refractivity contribution in [3.63, 3.8) is 0 Å². The van der Waals surface area contributed by atoms with E-state index in [0.717, 1.165) is 72.3 Å². The number of amidine groups is 1. The lowest BCUT2D eigenvalue weighted by Gasteiger charge is -2.32. The first-order valence-electron chi connectivity index (χ1n) is 17.4. The molecule has 1 aliphatic heterocycles. The molecule has 2 atom stereocenters. The maximum atomic E-state index is 9.57. The summed E-state index contributed by atoms with van der Waals surface area (Å²) in [4.78, 5) is 5.04. The Hall–Kier alpha value is -6.94. The van der Waals surface area contributed by atoms with Gasteiger partial charge < -0.3 is 14.3 Å². The van der Waals surface area contributed by atoms with Crippen LogP contribution in [0.25, 0.3) is 60.6 Å². The zero-order valence-corrected chi connectivity index (χ0v) is 28.0. The van der Waals surface area contributed by atoms with Gasteiger partial charge in [-0.25, -0.2) is 4.99 Å². The second-order valence-corrected chi connectivity index (χ2v) is 13.2. The molecule has 0 spiro atoms. The van der Waals surface area contributed by atoms with E-state index >= 15 is 0 Å². The highest BCUT2D eigenvalue weighted by Crippen LogP contribution is 2.39. The molecular formula is C46H31N5O. The van der Waals surface area contributed by atoms with Crippen molar-refractivity contribution in [3.8, 4) is 22.9 Å². The van der Waals surface area contributed by atoms with Gasteiger partial charge in [0, 0.05) is 38.4 Å². The minimum Gasteiger partial charge on any atom is -0.455 e. The Balaban J connectivity index is 1.06. The van der Waals surface area contributed by atoms with E-state index in [2.05, 4.69) is 130 Å². The number of nitrogens with zero attached hydrogens (tertiary/aromatic N) is 3. The van der Waals surface area contributed by atoms with Crippen molar-refractivity contribution >= 4 is 49.6 Å². The minimum absolute atomic E-state index is 0.216. The monoisotopic (exact) mass is 669 g/mol. The molecule has 9 aromatic rings. The van der Waals surface area contributed by atoms with E-state index < -0.39 is 0 Å². The summed E-state index contributed by atoms with van der Waals surface area (Å²) in [5.74, 6) is 0.744. The Labute approximate surface area is 299 Å². The first kappa shape index (κ1) is 29.9. The first-order valence-corrected chi connectivity index (χ1v) is 17.4. The number of nitriles is 1. The molecule has 0 aliphatic carbocycles. The summed E-state index contributed by atoms with van der Waals surface area (Å²) < 4.78 is 8.79. The number of nitrogens with one attached hydrogen (secondary N) is 2. The van der Waals surface area contributed by atoms with Crippen molar-refractivity contribution in [2.24, 2.45) is 4.99 Å². The van der Waals surface area contributed by atoms with Crippen LogP contribution < -0.4 is 10.6 Å². The van der Waals surface area contributed by atoms with Crippen LogP contribution in [0.1, 0.15) is 34.6 Å². The molecule has 1 aliphatic rings. The summed E-state index contributed by atoms with van der Waals surface area (Å²) >= 11 is 0. The molecular weight excluding hydrogens is 639 g/mol. The molecule has 6 heteroatoms. The van der Waals surface area contributed by atoms with E-state index in [-0.39, 0.29) is 12.3 Å². The van der Waals surface area contributed by atoms with Crippen LogP contribution in [0.5, 0.6) is 0 Å². The van der Waals surface area contributed by atoms with Crippen molar-refractivity contribution in [2.45, 2.75) is 12.3 Å². The van der Waals surface area contributed by atoms with Gasteiger partial charge in [-0.3, -0.25) is 5.32 Å². The fourth-order valence-electron chi connectivity index (χ4n) is 7.63. The maximum absolute atomic E-state index is 9.57. The third-order valence-corrected chi connectivity index (χ3v) is 10.1. The molecule has 0 amide bonds. The van der Waals surface area contributed by atoms with E-state index in [1.54, 1.807) is 0 Å². The lowest BCUT2D eigenvalue weighted by atomic mass is 10.0. The van der Waals surface area contributed by atoms with Crippen LogP contribution in [0, 0.1) is 11.3 Å². The maximum Gasteiger partial charge on any atom is 0.143 e. The summed E-state index contributed by atoms with van der Waals surface area (Å²) in [7, 11) is 0. The van der Waals surface area contributed by atoms with Crippen molar-refractivity contribution in [1.29, 1.82) is 5.26 Å². The zero-order valence-electron chi connectivity index (χ0n) is 28.0. The van der Waals surface area contributed by atoms with E-state index in [1.165, 1.54) is 10.8 Å². The van der Waals surface area contributed by atoms with Gasteiger partial charge in [-0.05, 0) is 59.2 Å². The van der Waals surface area contributed by atoms with Crippen molar-refractivity contribution < 1.29 is 4.42 Å². The van der Waals surface area contributed by atoms with Gasteiger partial charge in [0.05, 0.1) is 22.7 Å². The van der Waals surface area contributed by atoms with Crippen molar-refractivity contribution in [1.82, 2.24) is 15.2 Å². The van der Waals surface area contributed by atoms with Crippen LogP contribution in [0.2, 0.25) is 0 Å². The van der Waals surface area contributed by atoms with Gasteiger partial charge in [-0.1, -0.05) is 121 Å². The Morgan fingerprint density at radius 1 is 0.596 bits per heavy atom. The summed E-state index contributed by atoms with van der Waals surface area (Å²) in [6.07, 6.45) is -0.480. The van der Waals surface area contributed by atoms with Gasteiger partial charge in [-0.2, -0.15) is 5.26 Å². The standard InChI is InChI=1S/C46H31N5O/c47-28-29-10-8-13-33(26-29)46-49-44(30-11-2-1-3-12-30)48-45(50-46)31-20-23-34(24-21-31)51-40-18-6-4-14-36(40)37-25-22-32(27-41(37)51)35-16-9-17-39-38-15-5-7-19-42(38)52-43(35)39/h1-27,44-45,48H,(H,49,50). The Bertz CT molecular complexity index is 2880. The number of hydrogen-bond donors (Lipinski definition) is 2. The lowest BCUT2D eigenvalue weighted by molar-refractivity contribution is 0.409. The van der Waals surface area contributed by atoms with Gasteiger partial charge in [0.1, 0.15) is 29.3 Å². The molecule has 10 rings (SSSR count). The fourth-order valence-corrected chi connectivity index (χ4v) is 7.63. The number of hydrogen-bond acceptors (Lipinski definition) is 5. The summed E-state index contributed by atoms with van der Waals surface area (Å²) in [5, 5.41) is 21.5. The molecule has 2 aromatic heterocycles. The Morgan fingerprint density at radius 3 is 2.21 bits per heavy atom. The summed E-state index contributed by atoms with van der Waals surface area (Å²) in [6.45, 7) is 0. The molecule has 6 nitrogen and oxygen atoms in total. The predicted octanol–water partition coefficient (Wildman–Crippen LogP) is 10.6. The van der Waals surface area contributed by atoms with Crippen molar-refractivity contribution in [3.05, 3.63) is 186 Å². The molecule has 7 aromatic carbocycles. The molecule has 3 heterocycles. The number of fused-ring (bicyclic) bond motifs is 6. The third-order valence-electron chi connectivity index (χ3n) is 10.1. The van der Waals surface area contributed by atoms with Crippen LogP contribution in [0.15, 0.2) is 173 Å². The minimum atomic E-state index is -0.264.